The van der Waals surface area contributed by atoms with Crippen LogP contribution in [0.5, 0.6) is 0 Å². The van der Waals surface area contributed by atoms with E-state index in [9.17, 15) is 13.2 Å². The summed E-state index contributed by atoms with van der Waals surface area (Å²) in [6, 6.07) is 16.9. The molecule has 26 heavy (non-hydrogen) atoms. The Morgan fingerprint density at radius 2 is 1.81 bits per heavy atom. The first-order valence-electron chi connectivity index (χ1n) is 8.55. The molecular weight excluding hydrogens is 350 g/mol. The van der Waals surface area contributed by atoms with Crippen LogP contribution in [0, 0.1) is 0 Å². The molecule has 0 aromatic heterocycles. The average molecular weight is 373 g/mol. The van der Waals surface area contributed by atoms with Crippen molar-refractivity contribution in [3.05, 3.63) is 60.2 Å². The second kappa shape index (κ2) is 7.78. The summed E-state index contributed by atoms with van der Waals surface area (Å²) < 4.78 is 23.0. The molecule has 0 radical (unpaired) electrons. The van der Waals surface area contributed by atoms with Crippen LogP contribution in [0.15, 0.2) is 54.6 Å². The highest BCUT2D eigenvalue weighted by atomic mass is 32.2. The molecule has 1 fully saturated rings. The number of rotatable bonds is 5. The molecule has 2 aromatic carbocycles. The molecule has 2 amide bonds. The Bertz CT molecular complexity index is 869. The molecule has 1 unspecified atom stereocenters. The summed E-state index contributed by atoms with van der Waals surface area (Å²) in [5.41, 5.74) is 2.75. The van der Waals surface area contributed by atoms with Crippen LogP contribution in [-0.4, -0.2) is 39.0 Å². The van der Waals surface area contributed by atoms with E-state index >= 15 is 0 Å². The average Bonchev–Trinajstić information content (AvgIpc) is 2.94. The molecule has 1 aliphatic rings. The quantitative estimate of drug-likeness (QED) is 0.845. The van der Waals surface area contributed by atoms with Gasteiger partial charge in [-0.2, -0.15) is 0 Å². The molecule has 0 bridgehead atoms. The Hall–Kier alpha value is -2.54. The number of carbonyl (C=O) groups excluding carboxylic acids is 1. The SMILES string of the molecule is CN(Cc1ccccc1)c1ccccc1NC(=O)NC1CCS(=O)(=O)C1. The van der Waals surface area contributed by atoms with E-state index in [1.807, 2.05) is 49.5 Å². The van der Waals surface area contributed by atoms with E-state index in [-0.39, 0.29) is 23.6 Å². The maximum Gasteiger partial charge on any atom is 0.319 e. The van der Waals surface area contributed by atoms with Crippen LogP contribution in [0.4, 0.5) is 16.2 Å². The molecule has 2 N–H and O–H groups in total. The molecule has 0 saturated carbocycles. The third-order valence-electron chi connectivity index (χ3n) is 4.39. The van der Waals surface area contributed by atoms with Gasteiger partial charge in [0.15, 0.2) is 9.84 Å². The fourth-order valence-electron chi connectivity index (χ4n) is 3.11. The molecule has 1 saturated heterocycles. The third kappa shape index (κ3) is 4.76. The van der Waals surface area contributed by atoms with Crippen molar-refractivity contribution in [1.82, 2.24) is 5.32 Å². The van der Waals surface area contributed by atoms with Gasteiger partial charge in [0.1, 0.15) is 0 Å². The molecule has 0 aliphatic carbocycles. The predicted octanol–water partition coefficient (Wildman–Crippen LogP) is 2.63. The van der Waals surface area contributed by atoms with Gasteiger partial charge in [0, 0.05) is 19.6 Å². The normalized spacial score (nSPS) is 18.3. The molecule has 6 nitrogen and oxygen atoms in total. The molecule has 7 heteroatoms. The van der Waals surface area contributed by atoms with Gasteiger partial charge in [-0.05, 0) is 24.1 Å². The Balaban J connectivity index is 1.66. The molecule has 2 aromatic rings. The lowest BCUT2D eigenvalue weighted by Gasteiger charge is -2.23. The van der Waals surface area contributed by atoms with Crippen LogP contribution in [0.1, 0.15) is 12.0 Å². The number of anilines is 2. The van der Waals surface area contributed by atoms with Gasteiger partial charge in [0.25, 0.3) is 0 Å². The van der Waals surface area contributed by atoms with Gasteiger partial charge in [-0.25, -0.2) is 13.2 Å². The molecule has 0 spiro atoms. The zero-order valence-electron chi connectivity index (χ0n) is 14.7. The minimum Gasteiger partial charge on any atom is -0.369 e. The van der Waals surface area contributed by atoms with E-state index in [0.717, 1.165) is 5.69 Å². The first-order valence-corrected chi connectivity index (χ1v) is 10.4. The van der Waals surface area contributed by atoms with E-state index in [0.29, 0.717) is 18.7 Å². The van der Waals surface area contributed by atoms with E-state index in [4.69, 9.17) is 0 Å². The molecule has 1 atom stereocenters. The zero-order valence-corrected chi connectivity index (χ0v) is 15.5. The molecule has 138 valence electrons. The van der Waals surface area contributed by atoms with Crippen molar-refractivity contribution in [1.29, 1.82) is 0 Å². The highest BCUT2D eigenvalue weighted by Gasteiger charge is 2.29. The number of benzene rings is 2. The van der Waals surface area contributed by atoms with Crippen LogP contribution in [0.3, 0.4) is 0 Å². The van der Waals surface area contributed by atoms with Gasteiger partial charge < -0.3 is 15.5 Å². The first-order chi connectivity index (χ1) is 12.4. The van der Waals surface area contributed by atoms with Crippen molar-refractivity contribution in [2.75, 3.05) is 28.8 Å². The predicted molar refractivity (Wildman–Crippen MR) is 104 cm³/mol. The Kier molecular flexibility index (Phi) is 5.46. The molecule has 1 heterocycles. The van der Waals surface area contributed by atoms with Gasteiger partial charge in [0.05, 0.1) is 22.9 Å². The minimum absolute atomic E-state index is 0.00990. The Morgan fingerprint density at radius 1 is 1.12 bits per heavy atom. The van der Waals surface area contributed by atoms with Gasteiger partial charge >= 0.3 is 6.03 Å². The molecule has 3 rings (SSSR count). The van der Waals surface area contributed by atoms with Crippen LogP contribution < -0.4 is 15.5 Å². The summed E-state index contributed by atoms with van der Waals surface area (Å²) in [4.78, 5) is 14.3. The fraction of sp³-hybridized carbons (Fsp3) is 0.316. The van der Waals surface area contributed by atoms with Crippen molar-refractivity contribution in [2.45, 2.75) is 19.0 Å². The zero-order chi connectivity index (χ0) is 18.6. The molecule has 1 aliphatic heterocycles. The number of hydrogen-bond donors (Lipinski definition) is 2. The van der Waals surface area contributed by atoms with Gasteiger partial charge in [-0.3, -0.25) is 0 Å². The number of nitrogens with one attached hydrogen (secondary N) is 2. The summed E-state index contributed by atoms with van der Waals surface area (Å²) in [6.45, 7) is 0.710. The lowest BCUT2D eigenvalue weighted by Crippen LogP contribution is -2.38. The number of amides is 2. The number of nitrogens with zero attached hydrogens (tertiary/aromatic N) is 1. The summed E-state index contributed by atoms with van der Waals surface area (Å²) in [7, 11) is -1.05. The smallest absolute Gasteiger partial charge is 0.319 e. The van der Waals surface area contributed by atoms with Crippen molar-refractivity contribution >= 4 is 27.2 Å². The largest absolute Gasteiger partial charge is 0.369 e. The second-order valence-corrected chi connectivity index (χ2v) is 8.79. The maximum absolute atomic E-state index is 12.3. The summed E-state index contributed by atoms with van der Waals surface area (Å²) >= 11 is 0. The van der Waals surface area contributed by atoms with Crippen LogP contribution in [0.2, 0.25) is 0 Å². The van der Waals surface area contributed by atoms with E-state index < -0.39 is 9.84 Å². The standard InChI is InChI=1S/C19H23N3O3S/c1-22(13-15-7-3-2-4-8-15)18-10-6-5-9-17(18)21-19(23)20-16-11-12-26(24,25)14-16/h2-10,16H,11-14H2,1H3,(H2,20,21,23). The van der Waals surface area contributed by atoms with Gasteiger partial charge in [0.2, 0.25) is 0 Å². The topological polar surface area (TPSA) is 78.5 Å². The van der Waals surface area contributed by atoms with Crippen molar-refractivity contribution in [2.24, 2.45) is 0 Å². The summed E-state index contributed by atoms with van der Waals surface area (Å²) in [5, 5.41) is 5.60. The maximum atomic E-state index is 12.3. The number of carbonyl (C=O) groups is 1. The number of urea groups is 1. The van der Waals surface area contributed by atoms with E-state index in [1.54, 1.807) is 0 Å². The van der Waals surface area contributed by atoms with Gasteiger partial charge in [-0.15, -0.1) is 0 Å². The highest BCUT2D eigenvalue weighted by molar-refractivity contribution is 7.91. The number of hydrogen-bond acceptors (Lipinski definition) is 4. The first kappa shape index (κ1) is 18.3. The second-order valence-electron chi connectivity index (χ2n) is 6.56. The number of para-hydroxylation sites is 2. The minimum atomic E-state index is -3.02. The monoisotopic (exact) mass is 373 g/mol. The molecular formula is C19H23N3O3S. The Morgan fingerprint density at radius 3 is 2.50 bits per heavy atom. The third-order valence-corrected chi connectivity index (χ3v) is 6.16. The van der Waals surface area contributed by atoms with Gasteiger partial charge in [-0.1, -0.05) is 42.5 Å². The highest BCUT2D eigenvalue weighted by Crippen LogP contribution is 2.26. The van der Waals surface area contributed by atoms with Crippen LogP contribution in [0.25, 0.3) is 0 Å². The number of sulfone groups is 1. The Labute approximate surface area is 154 Å². The van der Waals surface area contributed by atoms with Crippen molar-refractivity contribution in [3.8, 4) is 0 Å². The lowest BCUT2D eigenvalue weighted by atomic mass is 10.2. The van der Waals surface area contributed by atoms with E-state index in [1.165, 1.54) is 5.56 Å². The van der Waals surface area contributed by atoms with Crippen LogP contribution >= 0.6 is 0 Å². The van der Waals surface area contributed by atoms with E-state index in [2.05, 4.69) is 27.7 Å². The summed E-state index contributed by atoms with van der Waals surface area (Å²) in [5.74, 6) is 0.143. The lowest BCUT2D eigenvalue weighted by molar-refractivity contribution is 0.249. The van der Waals surface area contributed by atoms with Crippen molar-refractivity contribution < 1.29 is 13.2 Å². The van der Waals surface area contributed by atoms with Crippen molar-refractivity contribution in [3.63, 3.8) is 0 Å². The summed E-state index contributed by atoms with van der Waals surface area (Å²) in [6.07, 6.45) is 0.464. The van der Waals surface area contributed by atoms with Crippen LogP contribution in [-0.2, 0) is 16.4 Å². The fourth-order valence-corrected chi connectivity index (χ4v) is 4.78.